The summed E-state index contributed by atoms with van der Waals surface area (Å²) in [4.78, 5) is 24.3. The van der Waals surface area contributed by atoms with Crippen LogP contribution in [0.5, 0.6) is 5.75 Å². The van der Waals surface area contributed by atoms with Crippen LogP contribution >= 0.6 is 11.3 Å². The number of ether oxygens (including phenoxy) is 1. The van der Waals surface area contributed by atoms with Gasteiger partial charge in [-0.3, -0.25) is 9.59 Å². The highest BCUT2D eigenvalue weighted by molar-refractivity contribution is 7.12. The molecule has 1 aliphatic heterocycles. The zero-order valence-corrected chi connectivity index (χ0v) is 11.0. The Bertz CT molecular complexity index is 675. The molecule has 2 heterocycles. The van der Waals surface area contributed by atoms with E-state index in [-0.39, 0.29) is 18.3 Å². The van der Waals surface area contributed by atoms with Crippen molar-refractivity contribution in [2.24, 2.45) is 0 Å². The highest BCUT2D eigenvalue weighted by Gasteiger charge is 2.19. The number of hydrogen-bond acceptors (Lipinski definition) is 4. The summed E-state index contributed by atoms with van der Waals surface area (Å²) in [5.74, 6) is 0.360. The van der Waals surface area contributed by atoms with Gasteiger partial charge >= 0.3 is 0 Å². The predicted molar refractivity (Wildman–Crippen MR) is 73.1 cm³/mol. The van der Waals surface area contributed by atoms with Crippen LogP contribution in [0.3, 0.4) is 0 Å². The van der Waals surface area contributed by atoms with Crippen LogP contribution in [0.2, 0.25) is 0 Å². The second-order valence-electron chi connectivity index (χ2n) is 4.31. The first kappa shape index (κ1) is 11.9. The van der Waals surface area contributed by atoms with Crippen LogP contribution in [0.4, 0.5) is 5.69 Å². The molecular formula is C14H11NO3S. The maximum Gasteiger partial charge on any atom is 0.262 e. The summed E-state index contributed by atoms with van der Waals surface area (Å²) < 4.78 is 5.26. The van der Waals surface area contributed by atoms with Crippen LogP contribution in [0, 0.1) is 6.92 Å². The van der Waals surface area contributed by atoms with Crippen molar-refractivity contribution < 1.29 is 14.3 Å². The highest BCUT2D eigenvalue weighted by Crippen LogP contribution is 2.30. The topological polar surface area (TPSA) is 55.4 Å². The first-order valence-corrected chi connectivity index (χ1v) is 6.68. The van der Waals surface area contributed by atoms with Crippen molar-refractivity contribution in [3.8, 4) is 5.75 Å². The number of hydrogen-bond donors (Lipinski definition) is 1. The average Bonchev–Trinajstić information content (AvgIpc) is 2.83. The van der Waals surface area contributed by atoms with Gasteiger partial charge in [0.2, 0.25) is 5.78 Å². The van der Waals surface area contributed by atoms with Crippen LogP contribution in [0.15, 0.2) is 29.6 Å². The molecule has 1 aliphatic rings. The van der Waals surface area contributed by atoms with Crippen LogP contribution < -0.4 is 10.1 Å². The van der Waals surface area contributed by atoms with Gasteiger partial charge in [-0.15, -0.1) is 11.3 Å². The van der Waals surface area contributed by atoms with Crippen LogP contribution in [-0.2, 0) is 4.79 Å². The Kier molecular flexibility index (Phi) is 2.83. The third-order valence-corrected chi connectivity index (χ3v) is 3.96. The summed E-state index contributed by atoms with van der Waals surface area (Å²) in [6.07, 6.45) is 0. The molecule has 5 heteroatoms. The molecule has 0 atom stereocenters. The predicted octanol–water partition coefficient (Wildman–Crippen LogP) is 2.62. The van der Waals surface area contributed by atoms with E-state index in [1.807, 2.05) is 18.4 Å². The normalized spacial score (nSPS) is 13.4. The monoisotopic (exact) mass is 273 g/mol. The van der Waals surface area contributed by atoms with Crippen molar-refractivity contribution in [3.05, 3.63) is 45.6 Å². The van der Waals surface area contributed by atoms with Gasteiger partial charge in [0.05, 0.1) is 10.6 Å². The van der Waals surface area contributed by atoms with E-state index in [9.17, 15) is 9.59 Å². The molecule has 19 heavy (non-hydrogen) atoms. The third kappa shape index (κ3) is 2.13. The van der Waals surface area contributed by atoms with E-state index in [0.29, 0.717) is 17.0 Å². The molecule has 0 saturated carbocycles. The van der Waals surface area contributed by atoms with E-state index < -0.39 is 0 Å². The van der Waals surface area contributed by atoms with Crippen LogP contribution in [0.1, 0.15) is 20.8 Å². The van der Waals surface area contributed by atoms with Crippen molar-refractivity contribution in [3.63, 3.8) is 0 Å². The summed E-state index contributed by atoms with van der Waals surface area (Å²) >= 11 is 1.42. The molecule has 0 unspecified atom stereocenters. The van der Waals surface area contributed by atoms with E-state index in [0.717, 1.165) is 10.4 Å². The number of carbonyl (C=O) groups is 2. The number of carbonyl (C=O) groups excluding carboxylic acids is 2. The third-order valence-electron chi connectivity index (χ3n) is 2.94. The van der Waals surface area contributed by atoms with Gasteiger partial charge in [-0.25, -0.2) is 0 Å². The van der Waals surface area contributed by atoms with Gasteiger partial charge in [-0.05, 0) is 42.1 Å². The van der Waals surface area contributed by atoms with Crippen molar-refractivity contribution in [2.75, 3.05) is 11.9 Å². The fourth-order valence-electron chi connectivity index (χ4n) is 1.96. The van der Waals surface area contributed by atoms with E-state index in [4.69, 9.17) is 4.74 Å². The smallest absolute Gasteiger partial charge is 0.262 e. The average molecular weight is 273 g/mol. The fourth-order valence-corrected chi connectivity index (χ4v) is 2.85. The number of nitrogens with one attached hydrogen (secondary N) is 1. The number of benzene rings is 1. The first-order chi connectivity index (χ1) is 9.15. The van der Waals surface area contributed by atoms with Gasteiger partial charge in [-0.2, -0.15) is 0 Å². The van der Waals surface area contributed by atoms with Crippen molar-refractivity contribution in [1.29, 1.82) is 0 Å². The summed E-state index contributed by atoms with van der Waals surface area (Å²) in [7, 11) is 0. The zero-order chi connectivity index (χ0) is 13.4. The molecule has 0 bridgehead atoms. The maximum absolute atomic E-state index is 12.4. The van der Waals surface area contributed by atoms with Gasteiger partial charge in [0.25, 0.3) is 5.91 Å². The van der Waals surface area contributed by atoms with Crippen molar-refractivity contribution in [1.82, 2.24) is 0 Å². The molecule has 0 radical (unpaired) electrons. The number of fused-ring (bicyclic) bond motifs is 1. The van der Waals surface area contributed by atoms with Gasteiger partial charge in [0.15, 0.2) is 6.61 Å². The number of thiophene rings is 1. The molecule has 96 valence electrons. The first-order valence-electron chi connectivity index (χ1n) is 5.80. The van der Waals surface area contributed by atoms with Crippen molar-refractivity contribution in [2.45, 2.75) is 6.92 Å². The molecule has 2 aromatic rings. The van der Waals surface area contributed by atoms with E-state index in [1.165, 1.54) is 11.3 Å². The minimum atomic E-state index is -0.204. The summed E-state index contributed by atoms with van der Waals surface area (Å²) in [5.41, 5.74) is 2.07. The SMILES string of the molecule is Cc1ccsc1C(=O)c1ccc2c(c1)NC(=O)CO2. The second-order valence-corrected chi connectivity index (χ2v) is 5.23. The quantitative estimate of drug-likeness (QED) is 0.856. The molecule has 1 aromatic heterocycles. The molecule has 3 rings (SSSR count). The van der Waals surface area contributed by atoms with Crippen LogP contribution in [0.25, 0.3) is 0 Å². The number of anilines is 1. The Morgan fingerprint density at radius 1 is 1.37 bits per heavy atom. The van der Waals surface area contributed by atoms with E-state index in [2.05, 4.69) is 5.32 Å². The molecule has 1 aromatic carbocycles. The van der Waals surface area contributed by atoms with Crippen molar-refractivity contribution >= 4 is 28.7 Å². The van der Waals surface area contributed by atoms with Gasteiger partial charge in [0, 0.05) is 5.56 Å². The number of ketones is 1. The molecule has 1 N–H and O–H groups in total. The van der Waals surface area contributed by atoms with Crippen LogP contribution in [-0.4, -0.2) is 18.3 Å². The lowest BCUT2D eigenvalue weighted by atomic mass is 10.1. The lowest BCUT2D eigenvalue weighted by Gasteiger charge is -2.18. The maximum atomic E-state index is 12.4. The second kappa shape index (κ2) is 4.51. The highest BCUT2D eigenvalue weighted by atomic mass is 32.1. The molecule has 4 nitrogen and oxygen atoms in total. The fraction of sp³-hybridized carbons (Fsp3) is 0.143. The number of rotatable bonds is 2. The Morgan fingerprint density at radius 3 is 2.95 bits per heavy atom. The zero-order valence-electron chi connectivity index (χ0n) is 10.2. The standard InChI is InChI=1S/C14H11NO3S/c1-8-4-5-19-14(8)13(17)9-2-3-11-10(6-9)15-12(16)7-18-11/h2-6H,7H2,1H3,(H,15,16). The number of aryl methyl sites for hydroxylation is 1. The molecule has 0 saturated heterocycles. The Morgan fingerprint density at radius 2 is 2.21 bits per heavy atom. The molecule has 0 spiro atoms. The number of amides is 1. The Balaban J connectivity index is 1.98. The lowest BCUT2D eigenvalue weighted by molar-refractivity contribution is -0.118. The summed E-state index contributed by atoms with van der Waals surface area (Å²) in [5, 5.41) is 4.60. The van der Waals surface area contributed by atoms with E-state index in [1.54, 1.807) is 18.2 Å². The largest absolute Gasteiger partial charge is 0.482 e. The summed E-state index contributed by atoms with van der Waals surface area (Å²) in [6, 6.07) is 7.01. The lowest BCUT2D eigenvalue weighted by Crippen LogP contribution is -2.25. The molecule has 1 amide bonds. The molecular weight excluding hydrogens is 262 g/mol. The van der Waals surface area contributed by atoms with E-state index >= 15 is 0 Å². The minimum absolute atomic E-state index is 0.0182. The van der Waals surface area contributed by atoms with Gasteiger partial charge < -0.3 is 10.1 Å². The van der Waals surface area contributed by atoms with Gasteiger partial charge in [0.1, 0.15) is 5.75 Å². The molecule has 0 aliphatic carbocycles. The summed E-state index contributed by atoms with van der Waals surface area (Å²) in [6.45, 7) is 1.93. The Labute approximate surface area is 114 Å². The Hall–Kier alpha value is -2.14. The van der Waals surface area contributed by atoms with Gasteiger partial charge in [-0.1, -0.05) is 0 Å². The molecule has 0 fully saturated rings. The minimum Gasteiger partial charge on any atom is -0.482 e.